The fraction of sp³-hybridized carbons (Fsp3) is 0.909. The quantitative estimate of drug-likeness (QED) is 0.730. The number of nitrogens with zero attached hydrogens (tertiary/aromatic N) is 2. The van der Waals surface area contributed by atoms with Crippen molar-refractivity contribution in [2.45, 2.75) is 38.1 Å². The highest BCUT2D eigenvalue weighted by Gasteiger charge is 2.43. The van der Waals surface area contributed by atoms with Crippen molar-refractivity contribution in [3.05, 3.63) is 0 Å². The minimum absolute atomic E-state index is 0.353. The molecule has 2 fully saturated rings. The van der Waals surface area contributed by atoms with Crippen LogP contribution >= 0.6 is 0 Å². The Labute approximate surface area is 85.9 Å². The molecule has 1 aliphatic carbocycles. The van der Waals surface area contributed by atoms with Crippen LogP contribution in [0.5, 0.6) is 0 Å². The highest BCUT2D eigenvalue weighted by atomic mass is 15.2. The summed E-state index contributed by atoms with van der Waals surface area (Å²) in [6, 6.07) is 2.68. The first kappa shape index (κ1) is 9.95. The molecule has 2 aliphatic rings. The molecule has 1 aliphatic heterocycles. The van der Waals surface area contributed by atoms with Crippen LogP contribution in [0.4, 0.5) is 0 Å². The molecule has 0 radical (unpaired) electrons. The lowest BCUT2D eigenvalue weighted by molar-refractivity contribution is 0.172. The highest BCUT2D eigenvalue weighted by Crippen LogP contribution is 2.49. The van der Waals surface area contributed by atoms with Crippen LogP contribution in [0.2, 0.25) is 0 Å². The molecule has 0 spiro atoms. The second-order valence-corrected chi connectivity index (χ2v) is 4.97. The lowest BCUT2D eigenvalue weighted by Gasteiger charge is -2.33. The third-order valence-corrected chi connectivity index (χ3v) is 3.51. The number of hydrogen-bond donors (Lipinski definition) is 1. The maximum absolute atomic E-state index is 8.73. The van der Waals surface area contributed by atoms with Gasteiger partial charge < -0.3 is 10.6 Å². The minimum atomic E-state index is 0.353. The number of piperidine rings is 1. The van der Waals surface area contributed by atoms with E-state index in [0.29, 0.717) is 11.5 Å². The fourth-order valence-electron chi connectivity index (χ4n) is 2.44. The summed E-state index contributed by atoms with van der Waals surface area (Å²) in [7, 11) is 0. The first-order valence-corrected chi connectivity index (χ1v) is 5.59. The zero-order chi connectivity index (χ0) is 10.0. The molecule has 3 heteroatoms. The smallest absolute Gasteiger partial charge is 0.0628 e. The molecule has 2 rings (SSSR count). The Morgan fingerprint density at radius 1 is 1.50 bits per heavy atom. The minimum Gasteiger partial charge on any atom is -0.327 e. The van der Waals surface area contributed by atoms with Gasteiger partial charge in [0.2, 0.25) is 0 Å². The molecule has 0 amide bonds. The van der Waals surface area contributed by atoms with Gasteiger partial charge in [-0.25, -0.2) is 0 Å². The van der Waals surface area contributed by atoms with E-state index in [4.69, 9.17) is 11.0 Å². The molecular weight excluding hydrogens is 174 g/mol. The SMILES string of the molecule is N#CCC1(CN2CCCC(N)C2)CC1. The van der Waals surface area contributed by atoms with E-state index >= 15 is 0 Å². The number of nitrogens with two attached hydrogens (primary N) is 1. The van der Waals surface area contributed by atoms with Gasteiger partial charge in [-0.3, -0.25) is 0 Å². The summed E-state index contributed by atoms with van der Waals surface area (Å²) in [4.78, 5) is 2.46. The molecule has 78 valence electrons. The second kappa shape index (κ2) is 3.88. The molecule has 0 aromatic rings. The average Bonchev–Trinajstić information content (AvgIpc) is 2.85. The van der Waals surface area contributed by atoms with Gasteiger partial charge in [0.05, 0.1) is 6.07 Å². The first-order valence-electron chi connectivity index (χ1n) is 5.59. The molecule has 1 atom stereocenters. The Balaban J connectivity index is 1.82. The van der Waals surface area contributed by atoms with Crippen molar-refractivity contribution in [2.24, 2.45) is 11.1 Å². The highest BCUT2D eigenvalue weighted by molar-refractivity contribution is 5.01. The van der Waals surface area contributed by atoms with Gasteiger partial charge in [-0.2, -0.15) is 5.26 Å². The predicted molar refractivity (Wildman–Crippen MR) is 55.5 cm³/mol. The molecule has 2 N–H and O–H groups in total. The molecule has 0 bridgehead atoms. The number of hydrogen-bond acceptors (Lipinski definition) is 3. The number of rotatable bonds is 3. The maximum atomic E-state index is 8.73. The van der Waals surface area contributed by atoms with Gasteiger partial charge in [-0.05, 0) is 37.6 Å². The van der Waals surface area contributed by atoms with Crippen molar-refractivity contribution < 1.29 is 0 Å². The van der Waals surface area contributed by atoms with Gasteiger partial charge in [-0.1, -0.05) is 0 Å². The summed E-state index contributed by atoms with van der Waals surface area (Å²) in [5.41, 5.74) is 6.28. The zero-order valence-corrected chi connectivity index (χ0v) is 8.71. The molecular formula is C11H19N3. The van der Waals surface area contributed by atoms with Crippen LogP contribution in [-0.4, -0.2) is 30.6 Å². The maximum Gasteiger partial charge on any atom is 0.0628 e. The molecule has 1 heterocycles. The first-order chi connectivity index (χ1) is 6.74. The largest absolute Gasteiger partial charge is 0.327 e. The monoisotopic (exact) mass is 193 g/mol. The van der Waals surface area contributed by atoms with Crippen molar-refractivity contribution in [1.29, 1.82) is 5.26 Å². The normalized spacial score (nSPS) is 31.0. The van der Waals surface area contributed by atoms with Crippen LogP contribution in [-0.2, 0) is 0 Å². The summed E-state index contributed by atoms with van der Waals surface area (Å²) >= 11 is 0. The number of nitriles is 1. The predicted octanol–water partition coefficient (Wildman–Crippen LogP) is 1.10. The van der Waals surface area contributed by atoms with E-state index in [-0.39, 0.29) is 0 Å². The van der Waals surface area contributed by atoms with E-state index in [0.717, 1.165) is 19.5 Å². The average molecular weight is 193 g/mol. The Kier molecular flexibility index (Phi) is 2.76. The third-order valence-electron chi connectivity index (χ3n) is 3.51. The van der Waals surface area contributed by atoms with Gasteiger partial charge in [0.25, 0.3) is 0 Å². The van der Waals surface area contributed by atoms with Crippen molar-refractivity contribution in [3.63, 3.8) is 0 Å². The molecule has 14 heavy (non-hydrogen) atoms. The topological polar surface area (TPSA) is 53.0 Å². The van der Waals surface area contributed by atoms with Gasteiger partial charge >= 0.3 is 0 Å². The summed E-state index contributed by atoms with van der Waals surface area (Å²) in [6.07, 6.45) is 5.61. The second-order valence-electron chi connectivity index (χ2n) is 4.97. The molecule has 3 nitrogen and oxygen atoms in total. The van der Waals surface area contributed by atoms with E-state index in [1.165, 1.54) is 32.2 Å². The van der Waals surface area contributed by atoms with Gasteiger partial charge in [0.1, 0.15) is 0 Å². The summed E-state index contributed by atoms with van der Waals surface area (Å²) in [6.45, 7) is 3.32. The lowest BCUT2D eigenvalue weighted by Crippen LogP contribution is -2.44. The third kappa shape index (κ3) is 2.26. The number of likely N-dealkylation sites (tertiary alicyclic amines) is 1. The van der Waals surface area contributed by atoms with Crippen molar-refractivity contribution in [3.8, 4) is 6.07 Å². The van der Waals surface area contributed by atoms with E-state index in [1.807, 2.05) is 0 Å². The standard InChI is InChI=1S/C11H19N3/c12-6-5-11(3-4-11)9-14-7-1-2-10(13)8-14/h10H,1-5,7-9,13H2. The van der Waals surface area contributed by atoms with Crippen LogP contribution < -0.4 is 5.73 Å². The van der Waals surface area contributed by atoms with Crippen LogP contribution in [0.15, 0.2) is 0 Å². The van der Waals surface area contributed by atoms with E-state index in [2.05, 4.69) is 11.0 Å². The fourth-order valence-corrected chi connectivity index (χ4v) is 2.44. The Morgan fingerprint density at radius 2 is 2.29 bits per heavy atom. The van der Waals surface area contributed by atoms with Crippen molar-refractivity contribution in [1.82, 2.24) is 4.90 Å². The van der Waals surface area contributed by atoms with Crippen molar-refractivity contribution >= 4 is 0 Å². The summed E-state index contributed by atoms with van der Waals surface area (Å²) in [5.74, 6) is 0. The zero-order valence-electron chi connectivity index (χ0n) is 8.71. The van der Waals surface area contributed by atoms with Crippen LogP contribution in [0, 0.1) is 16.7 Å². The van der Waals surface area contributed by atoms with Crippen LogP contribution in [0.1, 0.15) is 32.1 Å². The summed E-state index contributed by atoms with van der Waals surface area (Å²) in [5, 5.41) is 8.73. The van der Waals surface area contributed by atoms with Crippen LogP contribution in [0.3, 0.4) is 0 Å². The Bertz CT molecular complexity index is 239. The molecule has 0 aromatic heterocycles. The van der Waals surface area contributed by atoms with Crippen molar-refractivity contribution in [2.75, 3.05) is 19.6 Å². The molecule has 1 saturated carbocycles. The Morgan fingerprint density at radius 3 is 2.86 bits per heavy atom. The summed E-state index contributed by atoms with van der Waals surface area (Å²) < 4.78 is 0. The molecule has 0 aromatic carbocycles. The van der Waals surface area contributed by atoms with E-state index < -0.39 is 0 Å². The molecule has 1 saturated heterocycles. The van der Waals surface area contributed by atoms with Gasteiger partial charge in [0, 0.05) is 25.6 Å². The van der Waals surface area contributed by atoms with Gasteiger partial charge in [-0.15, -0.1) is 0 Å². The van der Waals surface area contributed by atoms with E-state index in [1.54, 1.807) is 0 Å². The van der Waals surface area contributed by atoms with E-state index in [9.17, 15) is 0 Å². The van der Waals surface area contributed by atoms with Crippen LogP contribution in [0.25, 0.3) is 0 Å². The Hall–Kier alpha value is -0.590. The van der Waals surface area contributed by atoms with Gasteiger partial charge in [0.15, 0.2) is 0 Å². The molecule has 1 unspecified atom stereocenters. The lowest BCUT2D eigenvalue weighted by atomic mass is 10.00.